The van der Waals surface area contributed by atoms with E-state index in [1.807, 2.05) is 18.2 Å². The van der Waals surface area contributed by atoms with Gasteiger partial charge in [0.05, 0.1) is 0 Å². The van der Waals surface area contributed by atoms with Gasteiger partial charge in [-0.2, -0.15) is 0 Å². The van der Waals surface area contributed by atoms with Crippen molar-refractivity contribution in [3.05, 3.63) is 46.6 Å². The van der Waals surface area contributed by atoms with Gasteiger partial charge in [0.25, 0.3) is 5.91 Å². The number of thioether (sulfide) groups is 1. The summed E-state index contributed by atoms with van der Waals surface area (Å²) in [5.74, 6) is 2.51. The molecule has 2 heterocycles. The molecular formula is C23H31N5OS. The number of hydrogen-bond donors (Lipinski definition) is 1. The molecule has 1 aromatic heterocycles. The van der Waals surface area contributed by atoms with E-state index in [1.54, 1.807) is 11.8 Å². The molecule has 2 aromatic rings. The lowest BCUT2D eigenvalue weighted by Crippen LogP contribution is -2.45. The second-order valence-electron chi connectivity index (χ2n) is 8.47. The van der Waals surface area contributed by atoms with Crippen LogP contribution in [0.2, 0.25) is 0 Å². The standard InChI is InChI=1S/C23H31N5OS/c1-16-17(2)25-23(26-21(16)28-11-9-27(3)10-12-28)30-15-19-5-4-6-20(13-19)22(29)24-14-18-7-8-18/h4-6,13,18H,7-12,14-15H2,1-3H3,(H,24,29). The predicted molar refractivity (Wildman–Crippen MR) is 122 cm³/mol. The Morgan fingerprint density at radius 1 is 1.17 bits per heavy atom. The summed E-state index contributed by atoms with van der Waals surface area (Å²) in [5.41, 5.74) is 4.04. The summed E-state index contributed by atoms with van der Waals surface area (Å²) >= 11 is 1.63. The highest BCUT2D eigenvalue weighted by atomic mass is 32.2. The van der Waals surface area contributed by atoms with Crippen LogP contribution in [0, 0.1) is 19.8 Å². The van der Waals surface area contributed by atoms with Crippen molar-refractivity contribution in [2.24, 2.45) is 5.92 Å². The molecule has 1 aliphatic carbocycles. The van der Waals surface area contributed by atoms with Crippen LogP contribution in [-0.2, 0) is 5.75 Å². The van der Waals surface area contributed by atoms with Gasteiger partial charge in [-0.1, -0.05) is 23.9 Å². The maximum atomic E-state index is 12.4. The molecule has 0 bridgehead atoms. The zero-order chi connectivity index (χ0) is 21.1. The van der Waals surface area contributed by atoms with Gasteiger partial charge in [0.15, 0.2) is 5.16 Å². The topological polar surface area (TPSA) is 61.4 Å². The minimum atomic E-state index is 0.0218. The largest absolute Gasteiger partial charge is 0.354 e. The quantitative estimate of drug-likeness (QED) is 0.543. The van der Waals surface area contributed by atoms with Crippen LogP contribution in [-0.4, -0.2) is 60.5 Å². The fraction of sp³-hybridized carbons (Fsp3) is 0.522. The summed E-state index contributed by atoms with van der Waals surface area (Å²) in [6.45, 7) is 9.07. The highest BCUT2D eigenvalue weighted by Crippen LogP contribution is 2.28. The molecule has 1 amide bonds. The number of hydrogen-bond acceptors (Lipinski definition) is 6. The molecular weight excluding hydrogens is 394 g/mol. The number of amides is 1. The number of benzene rings is 1. The summed E-state index contributed by atoms with van der Waals surface area (Å²) in [4.78, 5) is 26.7. The Morgan fingerprint density at radius 2 is 1.93 bits per heavy atom. The van der Waals surface area contributed by atoms with Crippen LogP contribution in [0.3, 0.4) is 0 Å². The Kier molecular flexibility index (Phi) is 6.58. The maximum absolute atomic E-state index is 12.4. The monoisotopic (exact) mass is 425 g/mol. The first-order valence-corrected chi connectivity index (χ1v) is 11.8. The van der Waals surface area contributed by atoms with E-state index in [0.717, 1.165) is 66.3 Å². The van der Waals surface area contributed by atoms with Crippen molar-refractivity contribution in [3.8, 4) is 0 Å². The van der Waals surface area contributed by atoms with Crippen molar-refractivity contribution in [1.82, 2.24) is 20.2 Å². The Hall–Kier alpha value is -2.12. The van der Waals surface area contributed by atoms with Crippen molar-refractivity contribution < 1.29 is 4.79 Å². The molecule has 30 heavy (non-hydrogen) atoms. The van der Waals surface area contributed by atoms with E-state index in [-0.39, 0.29) is 5.91 Å². The first-order chi connectivity index (χ1) is 14.5. The number of piperazine rings is 1. The zero-order valence-corrected chi connectivity index (χ0v) is 19.0. The van der Waals surface area contributed by atoms with Gasteiger partial charge < -0.3 is 15.1 Å². The van der Waals surface area contributed by atoms with Gasteiger partial charge in [-0.3, -0.25) is 4.79 Å². The van der Waals surface area contributed by atoms with Crippen molar-refractivity contribution in [2.45, 2.75) is 37.6 Å². The number of carbonyl (C=O) groups is 1. The van der Waals surface area contributed by atoms with Crippen molar-refractivity contribution in [2.75, 3.05) is 44.7 Å². The average molecular weight is 426 g/mol. The molecule has 4 rings (SSSR count). The van der Waals surface area contributed by atoms with E-state index in [2.05, 4.69) is 42.1 Å². The van der Waals surface area contributed by atoms with Crippen LogP contribution in [0.25, 0.3) is 0 Å². The van der Waals surface area contributed by atoms with Crippen LogP contribution < -0.4 is 10.2 Å². The Bertz CT molecular complexity index is 906. The SMILES string of the molecule is Cc1nc(SCc2cccc(C(=O)NCC3CC3)c2)nc(N2CCN(C)CC2)c1C. The predicted octanol–water partition coefficient (Wildman–Crippen LogP) is 3.28. The maximum Gasteiger partial charge on any atom is 0.251 e. The van der Waals surface area contributed by atoms with Gasteiger partial charge in [0, 0.05) is 55.3 Å². The summed E-state index contributed by atoms with van der Waals surface area (Å²) in [6, 6.07) is 7.89. The number of carbonyl (C=O) groups excluding carboxylic acids is 1. The third-order valence-electron chi connectivity index (χ3n) is 5.95. The van der Waals surface area contributed by atoms with E-state index >= 15 is 0 Å². The van der Waals surface area contributed by atoms with Crippen molar-refractivity contribution in [3.63, 3.8) is 0 Å². The van der Waals surface area contributed by atoms with Gasteiger partial charge in [0.1, 0.15) is 5.82 Å². The summed E-state index contributed by atoms with van der Waals surface area (Å²) in [6.07, 6.45) is 2.48. The number of rotatable bonds is 7. The molecule has 2 fully saturated rings. The summed E-state index contributed by atoms with van der Waals surface area (Å²) in [5, 5.41) is 3.84. The van der Waals surface area contributed by atoms with Gasteiger partial charge in [-0.05, 0) is 57.4 Å². The lowest BCUT2D eigenvalue weighted by molar-refractivity contribution is 0.0951. The number of nitrogens with zero attached hydrogens (tertiary/aromatic N) is 4. The van der Waals surface area contributed by atoms with Crippen LogP contribution in [0.5, 0.6) is 0 Å². The molecule has 1 aliphatic heterocycles. The Balaban J connectivity index is 1.42. The van der Waals surface area contributed by atoms with Gasteiger partial charge in [-0.15, -0.1) is 0 Å². The molecule has 2 aliphatic rings. The van der Waals surface area contributed by atoms with Gasteiger partial charge in [-0.25, -0.2) is 9.97 Å². The molecule has 1 aromatic carbocycles. The lowest BCUT2D eigenvalue weighted by atomic mass is 10.1. The fourth-order valence-electron chi connectivity index (χ4n) is 3.59. The molecule has 0 atom stereocenters. The van der Waals surface area contributed by atoms with E-state index < -0.39 is 0 Å². The number of anilines is 1. The van der Waals surface area contributed by atoms with Crippen molar-refractivity contribution in [1.29, 1.82) is 0 Å². The number of aryl methyl sites for hydroxylation is 1. The highest BCUT2D eigenvalue weighted by Gasteiger charge is 2.22. The third kappa shape index (κ3) is 5.32. The smallest absolute Gasteiger partial charge is 0.251 e. The summed E-state index contributed by atoms with van der Waals surface area (Å²) in [7, 11) is 2.16. The Labute approximate surface area is 183 Å². The van der Waals surface area contributed by atoms with Crippen LogP contribution in [0.4, 0.5) is 5.82 Å². The van der Waals surface area contributed by atoms with E-state index in [1.165, 1.54) is 18.4 Å². The van der Waals surface area contributed by atoms with Crippen LogP contribution in [0.1, 0.15) is 40.0 Å². The molecule has 0 radical (unpaired) electrons. The van der Waals surface area contributed by atoms with Crippen molar-refractivity contribution >= 4 is 23.5 Å². The molecule has 1 saturated heterocycles. The number of aromatic nitrogens is 2. The number of likely N-dealkylation sites (N-methyl/N-ethyl adjacent to an activating group) is 1. The fourth-order valence-corrected chi connectivity index (χ4v) is 4.42. The zero-order valence-electron chi connectivity index (χ0n) is 18.1. The second kappa shape index (κ2) is 9.35. The Morgan fingerprint density at radius 3 is 2.67 bits per heavy atom. The minimum Gasteiger partial charge on any atom is -0.354 e. The van der Waals surface area contributed by atoms with Gasteiger partial charge in [0.2, 0.25) is 0 Å². The lowest BCUT2D eigenvalue weighted by Gasteiger charge is -2.34. The van der Waals surface area contributed by atoms with Crippen LogP contribution >= 0.6 is 11.8 Å². The highest BCUT2D eigenvalue weighted by molar-refractivity contribution is 7.98. The summed E-state index contributed by atoms with van der Waals surface area (Å²) < 4.78 is 0. The normalized spacial score (nSPS) is 17.2. The second-order valence-corrected chi connectivity index (χ2v) is 9.42. The van der Waals surface area contributed by atoms with Gasteiger partial charge >= 0.3 is 0 Å². The average Bonchev–Trinajstić information content (AvgIpc) is 3.58. The minimum absolute atomic E-state index is 0.0218. The molecule has 0 unspecified atom stereocenters. The molecule has 6 nitrogen and oxygen atoms in total. The molecule has 0 spiro atoms. The molecule has 1 N–H and O–H groups in total. The first-order valence-electron chi connectivity index (χ1n) is 10.8. The third-order valence-corrected chi connectivity index (χ3v) is 6.87. The van der Waals surface area contributed by atoms with E-state index in [0.29, 0.717) is 5.92 Å². The molecule has 1 saturated carbocycles. The van der Waals surface area contributed by atoms with Crippen LogP contribution in [0.15, 0.2) is 29.4 Å². The van der Waals surface area contributed by atoms with E-state index in [9.17, 15) is 4.79 Å². The first kappa shape index (κ1) is 21.1. The molecule has 7 heteroatoms. The molecule has 160 valence electrons. The van der Waals surface area contributed by atoms with E-state index in [4.69, 9.17) is 9.97 Å². The number of nitrogens with one attached hydrogen (secondary N) is 1.